The van der Waals surface area contributed by atoms with E-state index in [4.69, 9.17) is 0 Å². The molecule has 0 spiro atoms. The van der Waals surface area contributed by atoms with Crippen LogP contribution in [0.25, 0.3) is 0 Å². The fourth-order valence-corrected chi connectivity index (χ4v) is 2.82. The first-order chi connectivity index (χ1) is 8.84. The second-order valence-electron chi connectivity index (χ2n) is 5.17. The third kappa shape index (κ3) is 2.25. The molecule has 0 bridgehead atoms. The smallest absolute Gasteiger partial charge is 0.254 e. The summed E-state index contributed by atoms with van der Waals surface area (Å²) >= 11 is 0. The van der Waals surface area contributed by atoms with Crippen molar-refractivity contribution in [2.75, 3.05) is 26.2 Å². The van der Waals surface area contributed by atoms with Crippen LogP contribution in [-0.4, -0.2) is 52.9 Å². The lowest BCUT2D eigenvalue weighted by atomic mass is 9.99. The SMILES string of the molecule is O=C(c1ccncc1)N1CCCCN2CCC2C1. The van der Waals surface area contributed by atoms with E-state index >= 15 is 0 Å². The van der Waals surface area contributed by atoms with E-state index in [0.717, 1.165) is 25.1 Å². The highest BCUT2D eigenvalue weighted by atomic mass is 16.2. The molecule has 18 heavy (non-hydrogen) atoms. The van der Waals surface area contributed by atoms with Gasteiger partial charge in [0.25, 0.3) is 5.91 Å². The lowest BCUT2D eigenvalue weighted by molar-refractivity contribution is 0.0338. The van der Waals surface area contributed by atoms with Gasteiger partial charge in [0.2, 0.25) is 0 Å². The molecular formula is C14H19N3O. The molecule has 4 nitrogen and oxygen atoms in total. The van der Waals surface area contributed by atoms with E-state index in [1.54, 1.807) is 24.5 Å². The van der Waals surface area contributed by atoms with Crippen LogP contribution >= 0.6 is 0 Å². The zero-order chi connectivity index (χ0) is 12.4. The minimum absolute atomic E-state index is 0.158. The number of hydrogen-bond donors (Lipinski definition) is 0. The summed E-state index contributed by atoms with van der Waals surface area (Å²) in [6, 6.07) is 4.20. The molecule has 2 fully saturated rings. The van der Waals surface area contributed by atoms with E-state index in [9.17, 15) is 4.79 Å². The van der Waals surface area contributed by atoms with Gasteiger partial charge < -0.3 is 4.90 Å². The fourth-order valence-electron chi connectivity index (χ4n) is 2.82. The molecule has 3 heterocycles. The van der Waals surface area contributed by atoms with Crippen molar-refractivity contribution < 1.29 is 4.79 Å². The van der Waals surface area contributed by atoms with E-state index in [-0.39, 0.29) is 5.91 Å². The van der Waals surface area contributed by atoms with Gasteiger partial charge in [-0.05, 0) is 37.9 Å². The van der Waals surface area contributed by atoms with Crippen LogP contribution < -0.4 is 0 Å². The molecule has 0 N–H and O–H groups in total. The highest BCUT2D eigenvalue weighted by Crippen LogP contribution is 2.22. The monoisotopic (exact) mass is 245 g/mol. The first-order valence-corrected chi connectivity index (χ1v) is 6.78. The van der Waals surface area contributed by atoms with Gasteiger partial charge in [0.1, 0.15) is 0 Å². The molecular weight excluding hydrogens is 226 g/mol. The normalized spacial score (nSPS) is 24.7. The largest absolute Gasteiger partial charge is 0.337 e. The van der Waals surface area contributed by atoms with Crippen LogP contribution in [0.1, 0.15) is 29.6 Å². The van der Waals surface area contributed by atoms with Crippen LogP contribution in [0, 0.1) is 0 Å². The molecule has 1 atom stereocenters. The molecule has 1 aromatic rings. The Hall–Kier alpha value is -1.42. The molecule has 2 saturated heterocycles. The first kappa shape index (κ1) is 11.7. The van der Waals surface area contributed by atoms with Crippen molar-refractivity contribution >= 4 is 5.91 Å². The van der Waals surface area contributed by atoms with Crippen LogP contribution in [0.4, 0.5) is 0 Å². The number of aromatic nitrogens is 1. The molecule has 0 aromatic carbocycles. The Morgan fingerprint density at radius 1 is 1.17 bits per heavy atom. The number of carbonyl (C=O) groups excluding carboxylic acids is 1. The quantitative estimate of drug-likeness (QED) is 0.750. The maximum atomic E-state index is 12.4. The number of fused-ring (bicyclic) bond motifs is 1. The summed E-state index contributed by atoms with van der Waals surface area (Å²) in [5.41, 5.74) is 0.761. The van der Waals surface area contributed by atoms with Crippen LogP contribution in [0.3, 0.4) is 0 Å². The Balaban J connectivity index is 1.72. The van der Waals surface area contributed by atoms with Gasteiger partial charge >= 0.3 is 0 Å². The Labute approximate surface area is 108 Å². The molecule has 0 aliphatic carbocycles. The van der Waals surface area contributed by atoms with E-state index in [0.29, 0.717) is 6.04 Å². The molecule has 1 aromatic heterocycles. The molecule has 2 aliphatic heterocycles. The summed E-state index contributed by atoms with van der Waals surface area (Å²) in [5.74, 6) is 0.158. The lowest BCUT2D eigenvalue weighted by Crippen LogP contribution is -2.56. The Morgan fingerprint density at radius 3 is 2.67 bits per heavy atom. The minimum atomic E-state index is 0.158. The van der Waals surface area contributed by atoms with Gasteiger partial charge in [-0.25, -0.2) is 0 Å². The van der Waals surface area contributed by atoms with E-state index < -0.39 is 0 Å². The van der Waals surface area contributed by atoms with Crippen LogP contribution in [-0.2, 0) is 0 Å². The zero-order valence-electron chi connectivity index (χ0n) is 10.6. The van der Waals surface area contributed by atoms with Gasteiger partial charge in [-0.2, -0.15) is 0 Å². The van der Waals surface area contributed by atoms with Crippen LogP contribution in [0.15, 0.2) is 24.5 Å². The van der Waals surface area contributed by atoms with Crippen molar-refractivity contribution in [1.29, 1.82) is 0 Å². The number of carbonyl (C=O) groups is 1. The van der Waals surface area contributed by atoms with E-state index in [1.807, 2.05) is 4.90 Å². The average molecular weight is 245 g/mol. The van der Waals surface area contributed by atoms with Gasteiger partial charge in [-0.15, -0.1) is 0 Å². The van der Waals surface area contributed by atoms with Crippen molar-refractivity contribution in [3.63, 3.8) is 0 Å². The standard InChI is InChI=1S/C14H19N3O/c18-14(12-3-6-15-7-4-12)17-9-2-1-8-16-10-5-13(16)11-17/h3-4,6-7,13H,1-2,5,8-11H2. The van der Waals surface area contributed by atoms with Gasteiger partial charge in [-0.3, -0.25) is 14.7 Å². The minimum Gasteiger partial charge on any atom is -0.337 e. The number of nitrogens with zero attached hydrogens (tertiary/aromatic N) is 3. The molecule has 0 saturated carbocycles. The molecule has 96 valence electrons. The van der Waals surface area contributed by atoms with Gasteiger partial charge in [0.05, 0.1) is 0 Å². The predicted molar refractivity (Wildman–Crippen MR) is 69.4 cm³/mol. The highest BCUT2D eigenvalue weighted by molar-refractivity contribution is 5.94. The van der Waals surface area contributed by atoms with Crippen molar-refractivity contribution in [3.05, 3.63) is 30.1 Å². The van der Waals surface area contributed by atoms with Crippen molar-refractivity contribution in [1.82, 2.24) is 14.8 Å². The van der Waals surface area contributed by atoms with Gasteiger partial charge in [0, 0.05) is 43.6 Å². The summed E-state index contributed by atoms with van der Waals surface area (Å²) in [7, 11) is 0. The summed E-state index contributed by atoms with van der Waals surface area (Å²) in [5, 5.41) is 0. The highest BCUT2D eigenvalue weighted by Gasteiger charge is 2.32. The van der Waals surface area contributed by atoms with Gasteiger partial charge in [-0.1, -0.05) is 0 Å². The maximum absolute atomic E-state index is 12.4. The number of pyridine rings is 1. The van der Waals surface area contributed by atoms with Crippen molar-refractivity contribution in [2.45, 2.75) is 25.3 Å². The predicted octanol–water partition coefficient (Wildman–Crippen LogP) is 1.39. The van der Waals surface area contributed by atoms with E-state index in [1.165, 1.54) is 25.9 Å². The third-order valence-electron chi connectivity index (χ3n) is 4.03. The summed E-state index contributed by atoms with van der Waals surface area (Å²) < 4.78 is 0. The maximum Gasteiger partial charge on any atom is 0.254 e. The molecule has 2 aliphatic rings. The molecule has 0 radical (unpaired) electrons. The van der Waals surface area contributed by atoms with Crippen molar-refractivity contribution in [3.8, 4) is 0 Å². The van der Waals surface area contributed by atoms with E-state index in [2.05, 4.69) is 9.88 Å². The second-order valence-corrected chi connectivity index (χ2v) is 5.17. The third-order valence-corrected chi connectivity index (χ3v) is 4.03. The first-order valence-electron chi connectivity index (χ1n) is 6.78. The lowest BCUT2D eigenvalue weighted by Gasteiger charge is -2.45. The summed E-state index contributed by atoms with van der Waals surface area (Å²) in [4.78, 5) is 20.9. The molecule has 3 rings (SSSR count). The number of rotatable bonds is 1. The number of amides is 1. The molecule has 1 unspecified atom stereocenters. The Bertz CT molecular complexity index is 420. The topological polar surface area (TPSA) is 36.4 Å². The Morgan fingerprint density at radius 2 is 1.94 bits per heavy atom. The molecule has 1 amide bonds. The summed E-state index contributed by atoms with van der Waals surface area (Å²) in [6.07, 6.45) is 6.93. The average Bonchev–Trinajstić information content (AvgIpc) is 2.39. The summed E-state index contributed by atoms with van der Waals surface area (Å²) in [6.45, 7) is 4.20. The second kappa shape index (κ2) is 5.06. The zero-order valence-corrected chi connectivity index (χ0v) is 10.6. The fraction of sp³-hybridized carbons (Fsp3) is 0.571. The van der Waals surface area contributed by atoms with Crippen LogP contribution in [0.5, 0.6) is 0 Å². The Kier molecular flexibility index (Phi) is 3.28. The number of hydrogen-bond acceptors (Lipinski definition) is 3. The van der Waals surface area contributed by atoms with Crippen LogP contribution in [0.2, 0.25) is 0 Å². The molecule has 4 heteroatoms. The van der Waals surface area contributed by atoms with Gasteiger partial charge in [0.15, 0.2) is 0 Å². The van der Waals surface area contributed by atoms with Crippen molar-refractivity contribution in [2.24, 2.45) is 0 Å².